The highest BCUT2D eigenvalue weighted by molar-refractivity contribution is 7.89. The van der Waals surface area contributed by atoms with Crippen molar-refractivity contribution in [2.75, 3.05) is 13.2 Å². The monoisotopic (exact) mass is 476 g/mol. The zero-order valence-corrected chi connectivity index (χ0v) is 18.6. The third-order valence-electron chi connectivity index (χ3n) is 4.91. The fourth-order valence-corrected chi connectivity index (χ4v) is 4.82. The summed E-state index contributed by atoms with van der Waals surface area (Å²) in [5.74, 6) is -0.296. The van der Waals surface area contributed by atoms with Crippen molar-refractivity contribution in [2.45, 2.75) is 30.4 Å². The van der Waals surface area contributed by atoms with Gasteiger partial charge in [-0.15, -0.1) is 0 Å². The fourth-order valence-electron chi connectivity index (χ4n) is 3.23. The number of hydrogen-bond donors (Lipinski definition) is 1. The third-order valence-corrected chi connectivity index (χ3v) is 6.81. The third kappa shape index (κ3) is 5.36. The van der Waals surface area contributed by atoms with E-state index in [9.17, 15) is 13.2 Å². The van der Waals surface area contributed by atoms with Gasteiger partial charge in [0.05, 0.1) is 16.7 Å². The van der Waals surface area contributed by atoms with Crippen LogP contribution in [0.2, 0.25) is 5.02 Å². The first kappa shape index (κ1) is 22.5. The molecule has 4 rings (SSSR count). The summed E-state index contributed by atoms with van der Waals surface area (Å²) >= 11 is 6.09. The van der Waals surface area contributed by atoms with Crippen LogP contribution in [0.5, 0.6) is 0 Å². The van der Waals surface area contributed by atoms with Gasteiger partial charge in [0, 0.05) is 18.7 Å². The second-order valence-corrected chi connectivity index (χ2v) is 9.36. The number of sulfonamides is 1. The summed E-state index contributed by atoms with van der Waals surface area (Å²) in [6.45, 7) is 0.632. The van der Waals surface area contributed by atoms with E-state index in [1.165, 1.54) is 24.5 Å². The molecule has 1 N–H and O–H groups in total. The standard InChI is InChI=1S/C22H21ClN2O6S/c23-19-9-8-16(11-20(19)32(27,28)24-12-18-7-4-10-29-18)22(26)31-14-17-13-30-21(25-17)15-5-2-1-3-6-15/h1-3,5-6,8-9,11,13,18,24H,4,7,10,12,14H2. The molecule has 1 fully saturated rings. The summed E-state index contributed by atoms with van der Waals surface area (Å²) in [4.78, 5) is 16.6. The summed E-state index contributed by atoms with van der Waals surface area (Å²) < 4.78 is 44.0. The summed E-state index contributed by atoms with van der Waals surface area (Å²) in [5.41, 5.74) is 1.28. The van der Waals surface area contributed by atoms with Crippen molar-refractivity contribution >= 4 is 27.6 Å². The summed E-state index contributed by atoms with van der Waals surface area (Å²) in [6, 6.07) is 13.3. The van der Waals surface area contributed by atoms with Crippen LogP contribution in [-0.2, 0) is 26.1 Å². The molecule has 32 heavy (non-hydrogen) atoms. The maximum Gasteiger partial charge on any atom is 0.338 e. The molecule has 1 aromatic heterocycles. The second kappa shape index (κ2) is 9.83. The Kier molecular flexibility index (Phi) is 6.90. The van der Waals surface area contributed by atoms with E-state index in [4.69, 9.17) is 25.5 Å². The number of hydrogen-bond acceptors (Lipinski definition) is 7. The van der Waals surface area contributed by atoms with Crippen LogP contribution in [0.25, 0.3) is 11.5 Å². The number of nitrogens with zero attached hydrogens (tertiary/aromatic N) is 1. The first-order chi connectivity index (χ1) is 15.4. The van der Waals surface area contributed by atoms with Crippen LogP contribution in [0.4, 0.5) is 0 Å². The van der Waals surface area contributed by atoms with Crippen molar-refractivity contribution in [2.24, 2.45) is 0 Å². The van der Waals surface area contributed by atoms with Crippen LogP contribution in [0.3, 0.4) is 0 Å². The number of ether oxygens (including phenoxy) is 2. The molecule has 0 amide bonds. The largest absolute Gasteiger partial charge is 0.455 e. The first-order valence-corrected chi connectivity index (χ1v) is 11.9. The Morgan fingerprint density at radius 3 is 2.78 bits per heavy atom. The number of nitrogens with one attached hydrogen (secondary N) is 1. The Balaban J connectivity index is 1.41. The molecule has 0 spiro atoms. The van der Waals surface area contributed by atoms with E-state index in [1.807, 2.05) is 30.3 Å². The molecule has 1 unspecified atom stereocenters. The number of aromatic nitrogens is 1. The summed E-state index contributed by atoms with van der Waals surface area (Å²) in [6.07, 6.45) is 2.92. The lowest BCUT2D eigenvalue weighted by Crippen LogP contribution is -2.32. The van der Waals surface area contributed by atoms with Crippen LogP contribution in [0.1, 0.15) is 28.9 Å². The van der Waals surface area contributed by atoms with Crippen LogP contribution in [0.15, 0.2) is 64.1 Å². The van der Waals surface area contributed by atoms with Crippen LogP contribution in [0, 0.1) is 0 Å². The SMILES string of the molecule is O=C(OCc1coc(-c2ccccc2)n1)c1ccc(Cl)c(S(=O)(=O)NCC2CCCO2)c1. The number of benzene rings is 2. The van der Waals surface area contributed by atoms with E-state index in [0.29, 0.717) is 18.2 Å². The Bertz CT molecular complexity index is 1190. The number of carbonyl (C=O) groups is 1. The highest BCUT2D eigenvalue weighted by atomic mass is 35.5. The Morgan fingerprint density at radius 2 is 2.03 bits per heavy atom. The highest BCUT2D eigenvalue weighted by Gasteiger charge is 2.24. The number of esters is 1. The predicted octanol–water partition coefficient (Wildman–Crippen LogP) is 3.81. The zero-order chi connectivity index (χ0) is 22.6. The summed E-state index contributed by atoms with van der Waals surface area (Å²) in [5, 5.41) is 0.00499. The lowest BCUT2D eigenvalue weighted by molar-refractivity contribution is 0.0467. The van der Waals surface area contributed by atoms with Gasteiger partial charge in [-0.3, -0.25) is 0 Å². The van der Waals surface area contributed by atoms with Crippen molar-refractivity contribution in [3.63, 3.8) is 0 Å². The molecule has 1 saturated heterocycles. The molecule has 0 radical (unpaired) electrons. The van der Waals surface area contributed by atoms with Crippen molar-refractivity contribution in [3.05, 3.63) is 71.1 Å². The van der Waals surface area contributed by atoms with E-state index in [2.05, 4.69) is 9.71 Å². The Labute approximate surface area is 190 Å². The van der Waals surface area contributed by atoms with Crippen molar-refractivity contribution < 1.29 is 27.1 Å². The van der Waals surface area contributed by atoms with Crippen LogP contribution in [-0.4, -0.2) is 38.6 Å². The van der Waals surface area contributed by atoms with E-state index in [-0.39, 0.29) is 34.7 Å². The predicted molar refractivity (Wildman–Crippen MR) is 117 cm³/mol. The number of carbonyl (C=O) groups excluding carboxylic acids is 1. The average molecular weight is 477 g/mol. The molecular weight excluding hydrogens is 456 g/mol. The van der Waals surface area contributed by atoms with Gasteiger partial charge in [-0.05, 0) is 43.2 Å². The number of rotatable bonds is 8. The zero-order valence-electron chi connectivity index (χ0n) is 17.0. The number of oxazole rings is 1. The van der Waals surface area contributed by atoms with E-state index >= 15 is 0 Å². The normalized spacial score (nSPS) is 16.2. The van der Waals surface area contributed by atoms with Gasteiger partial charge < -0.3 is 13.9 Å². The molecule has 10 heteroatoms. The van der Waals surface area contributed by atoms with Gasteiger partial charge in [0.25, 0.3) is 0 Å². The molecule has 2 heterocycles. The molecule has 0 aliphatic carbocycles. The fraction of sp³-hybridized carbons (Fsp3) is 0.273. The molecule has 3 aromatic rings. The summed E-state index contributed by atoms with van der Waals surface area (Å²) in [7, 11) is -3.93. The quantitative estimate of drug-likeness (QED) is 0.492. The van der Waals surface area contributed by atoms with Crippen LogP contribution < -0.4 is 4.72 Å². The highest BCUT2D eigenvalue weighted by Crippen LogP contribution is 2.24. The maximum absolute atomic E-state index is 12.7. The maximum atomic E-state index is 12.7. The van der Waals surface area contributed by atoms with E-state index in [0.717, 1.165) is 18.4 Å². The lowest BCUT2D eigenvalue weighted by Gasteiger charge is -2.13. The lowest BCUT2D eigenvalue weighted by atomic mass is 10.2. The van der Waals surface area contributed by atoms with Gasteiger partial charge in [0.2, 0.25) is 15.9 Å². The molecule has 8 nitrogen and oxygen atoms in total. The minimum absolute atomic E-state index is 0.00499. The van der Waals surface area contributed by atoms with Gasteiger partial charge in [0.1, 0.15) is 23.5 Å². The minimum atomic E-state index is -3.93. The van der Waals surface area contributed by atoms with Gasteiger partial charge >= 0.3 is 5.97 Å². The Morgan fingerprint density at radius 1 is 1.22 bits per heavy atom. The van der Waals surface area contributed by atoms with Crippen LogP contribution >= 0.6 is 11.6 Å². The second-order valence-electron chi connectivity index (χ2n) is 7.22. The van der Waals surface area contributed by atoms with Gasteiger partial charge in [-0.25, -0.2) is 22.9 Å². The van der Waals surface area contributed by atoms with Crippen molar-refractivity contribution in [3.8, 4) is 11.5 Å². The smallest absolute Gasteiger partial charge is 0.338 e. The van der Waals surface area contributed by atoms with Crippen molar-refractivity contribution in [1.29, 1.82) is 0 Å². The van der Waals surface area contributed by atoms with E-state index in [1.54, 1.807) is 0 Å². The Hall–Kier alpha value is -2.72. The van der Waals surface area contributed by atoms with Gasteiger partial charge in [-0.1, -0.05) is 29.8 Å². The van der Waals surface area contributed by atoms with Gasteiger partial charge in [0.15, 0.2) is 0 Å². The molecule has 1 atom stereocenters. The molecule has 0 bridgehead atoms. The van der Waals surface area contributed by atoms with E-state index < -0.39 is 16.0 Å². The first-order valence-electron chi connectivity index (χ1n) is 10.00. The number of halogens is 1. The average Bonchev–Trinajstić information content (AvgIpc) is 3.49. The molecule has 2 aromatic carbocycles. The molecule has 0 saturated carbocycles. The molecular formula is C22H21ClN2O6S. The molecule has 1 aliphatic rings. The minimum Gasteiger partial charge on any atom is -0.455 e. The van der Waals surface area contributed by atoms with Gasteiger partial charge in [-0.2, -0.15) is 0 Å². The topological polar surface area (TPSA) is 108 Å². The molecule has 168 valence electrons. The molecule has 1 aliphatic heterocycles. The van der Waals surface area contributed by atoms with Crippen molar-refractivity contribution in [1.82, 2.24) is 9.71 Å².